The Morgan fingerprint density at radius 2 is 1.50 bits per heavy atom. The number of carbonyl (C=O) groups excluding carboxylic acids is 1. The van der Waals surface area contributed by atoms with Gasteiger partial charge in [-0.05, 0) is 56.6 Å². The van der Waals surface area contributed by atoms with Crippen molar-refractivity contribution in [2.75, 3.05) is 36.4 Å². The van der Waals surface area contributed by atoms with Crippen LogP contribution in [0, 0.1) is 20.8 Å². The van der Waals surface area contributed by atoms with Crippen LogP contribution in [-0.4, -0.2) is 37.1 Å². The van der Waals surface area contributed by atoms with E-state index >= 15 is 0 Å². The minimum absolute atomic E-state index is 0. The van der Waals surface area contributed by atoms with E-state index in [0.29, 0.717) is 17.3 Å². The van der Waals surface area contributed by atoms with Gasteiger partial charge in [-0.3, -0.25) is 4.90 Å². The second-order valence-corrected chi connectivity index (χ2v) is 7.19. The summed E-state index contributed by atoms with van der Waals surface area (Å²) in [6.45, 7) is 13.7. The Morgan fingerprint density at radius 3 is 2.04 bits per heavy atom. The standard InChI is InChI=1S/C22H30ClN3O.ClH/c1-6-25(7-2)14-15-26(21-17(4)11-8-12-18(21)5)22(27)24-20-16(3)10-9-13-19(20)23;/h8-13H,6-7,14-15H2,1-5H3,(H,24,27);1H. The summed E-state index contributed by atoms with van der Waals surface area (Å²) in [6.07, 6.45) is 0. The van der Waals surface area contributed by atoms with Crippen molar-refractivity contribution in [3.8, 4) is 0 Å². The normalized spacial score (nSPS) is 10.5. The zero-order valence-corrected chi connectivity index (χ0v) is 18.9. The number of urea groups is 1. The second kappa shape index (κ2) is 11.3. The quantitative estimate of drug-likeness (QED) is 0.742. The van der Waals surface area contributed by atoms with Crippen LogP contribution in [0.25, 0.3) is 0 Å². The highest BCUT2D eigenvalue weighted by Gasteiger charge is 2.21. The molecule has 0 aliphatic heterocycles. The van der Waals surface area contributed by atoms with Crippen LogP contribution in [0.2, 0.25) is 5.02 Å². The summed E-state index contributed by atoms with van der Waals surface area (Å²) >= 11 is 6.32. The van der Waals surface area contributed by atoms with Crippen molar-refractivity contribution in [3.05, 3.63) is 58.1 Å². The number of para-hydroxylation sites is 2. The van der Waals surface area contributed by atoms with E-state index in [0.717, 1.165) is 42.0 Å². The predicted octanol–water partition coefficient (Wildman–Crippen LogP) is 2.76. The largest absolute Gasteiger partial charge is 1.00 e. The lowest BCUT2D eigenvalue weighted by molar-refractivity contribution is -0.00000854. The first-order valence-electron chi connectivity index (χ1n) is 9.51. The summed E-state index contributed by atoms with van der Waals surface area (Å²) in [5.74, 6) is 0. The summed E-state index contributed by atoms with van der Waals surface area (Å²) in [5, 5.41) is 3.58. The Morgan fingerprint density at radius 1 is 0.964 bits per heavy atom. The monoisotopic (exact) mass is 423 g/mol. The van der Waals surface area contributed by atoms with Crippen molar-refractivity contribution >= 4 is 29.0 Å². The zero-order valence-electron chi connectivity index (χ0n) is 18.4. The predicted molar refractivity (Wildman–Crippen MR) is 117 cm³/mol. The Labute approximate surface area is 181 Å². The molecule has 0 radical (unpaired) electrons. The Kier molecular flexibility index (Phi) is 9.80. The van der Waals surface area contributed by atoms with E-state index < -0.39 is 0 Å². The van der Waals surface area contributed by atoms with E-state index in [9.17, 15) is 4.79 Å². The van der Waals surface area contributed by atoms with Gasteiger partial charge >= 0.3 is 7.46 Å². The highest BCUT2D eigenvalue weighted by atomic mass is 35.5. The van der Waals surface area contributed by atoms with Crippen molar-refractivity contribution in [1.29, 1.82) is 0 Å². The van der Waals surface area contributed by atoms with Gasteiger partial charge in [0.1, 0.15) is 0 Å². The van der Waals surface area contributed by atoms with E-state index in [2.05, 4.69) is 24.1 Å². The molecule has 0 saturated heterocycles. The first-order chi connectivity index (χ1) is 12.9. The van der Waals surface area contributed by atoms with Gasteiger partial charge in [0.05, 0.1) is 16.4 Å². The number of carbonyl (C=O) groups is 1. The molecule has 0 bridgehead atoms. The number of benzene rings is 2. The molecule has 2 amide bonds. The van der Waals surface area contributed by atoms with E-state index in [1.165, 1.54) is 0 Å². The van der Waals surface area contributed by atoms with Crippen LogP contribution in [0.15, 0.2) is 36.4 Å². The Hall–Kier alpha value is -1.75. The maximum atomic E-state index is 13.2. The third kappa shape index (κ3) is 5.87. The second-order valence-electron chi connectivity index (χ2n) is 6.78. The summed E-state index contributed by atoms with van der Waals surface area (Å²) in [6, 6.07) is 11.6. The highest BCUT2D eigenvalue weighted by molar-refractivity contribution is 6.34. The third-order valence-electron chi connectivity index (χ3n) is 4.94. The molecule has 154 valence electrons. The summed E-state index contributed by atoms with van der Waals surface area (Å²) < 4.78 is 0. The van der Waals surface area contributed by atoms with Crippen LogP contribution in [0.3, 0.4) is 0 Å². The summed E-state index contributed by atoms with van der Waals surface area (Å²) in [4.78, 5) is 17.4. The molecule has 4 nitrogen and oxygen atoms in total. The molecule has 2 aromatic carbocycles. The number of rotatable bonds is 7. The average molecular weight is 424 g/mol. The molecule has 0 atom stereocenters. The fourth-order valence-corrected chi connectivity index (χ4v) is 3.56. The molecular formula is C22H31Cl2N3O. The molecule has 0 fully saturated rings. The molecule has 0 spiro atoms. The molecule has 2 aromatic rings. The SMILES string of the molecule is CCN(CC)CCN(C(=O)Nc1c(C)cccc1Cl)c1c(C)cccc1C.[Cl-].[H+]. The molecule has 0 aliphatic carbocycles. The number of anilines is 2. The van der Waals surface area contributed by atoms with E-state index in [4.69, 9.17) is 11.6 Å². The number of hydrogen-bond donors (Lipinski definition) is 1. The van der Waals surface area contributed by atoms with Gasteiger partial charge in [0, 0.05) is 13.1 Å². The zero-order chi connectivity index (χ0) is 20.0. The Bertz CT molecular complexity index is 757. The first kappa shape index (κ1) is 24.3. The molecule has 2 rings (SSSR count). The molecule has 0 aliphatic rings. The lowest BCUT2D eigenvalue weighted by atomic mass is 10.1. The molecular weight excluding hydrogens is 393 g/mol. The van der Waals surface area contributed by atoms with Gasteiger partial charge in [-0.2, -0.15) is 0 Å². The van der Waals surface area contributed by atoms with E-state index in [1.54, 1.807) is 6.07 Å². The number of nitrogens with one attached hydrogen (secondary N) is 1. The van der Waals surface area contributed by atoms with Crippen LogP contribution >= 0.6 is 11.6 Å². The van der Waals surface area contributed by atoms with Gasteiger partial charge in [-0.15, -0.1) is 0 Å². The number of nitrogens with zero attached hydrogens (tertiary/aromatic N) is 2. The molecule has 0 saturated carbocycles. The van der Waals surface area contributed by atoms with Crippen LogP contribution in [0.5, 0.6) is 0 Å². The molecule has 0 heterocycles. The van der Waals surface area contributed by atoms with Crippen LogP contribution in [0.4, 0.5) is 16.2 Å². The summed E-state index contributed by atoms with van der Waals surface area (Å²) in [5.41, 5.74) is 4.75. The van der Waals surface area contributed by atoms with E-state index in [-0.39, 0.29) is 19.9 Å². The first-order valence-corrected chi connectivity index (χ1v) is 9.89. The van der Waals surface area contributed by atoms with E-state index in [1.807, 2.05) is 56.0 Å². The smallest absolute Gasteiger partial charge is 1.00 e. The van der Waals surface area contributed by atoms with Crippen molar-refractivity contribution in [2.24, 2.45) is 0 Å². The highest BCUT2D eigenvalue weighted by Crippen LogP contribution is 2.28. The maximum Gasteiger partial charge on any atom is 1.00 e. The molecule has 0 unspecified atom stereocenters. The number of halogens is 2. The summed E-state index contributed by atoms with van der Waals surface area (Å²) in [7, 11) is 0. The van der Waals surface area contributed by atoms with Gasteiger partial charge in [0.25, 0.3) is 0 Å². The van der Waals surface area contributed by atoms with Crippen molar-refractivity contribution in [2.45, 2.75) is 34.6 Å². The van der Waals surface area contributed by atoms with Gasteiger partial charge in [0.15, 0.2) is 0 Å². The van der Waals surface area contributed by atoms with Crippen LogP contribution < -0.4 is 22.6 Å². The Balaban J connectivity index is 0.00000392. The fourth-order valence-electron chi connectivity index (χ4n) is 3.29. The average Bonchev–Trinajstić information content (AvgIpc) is 2.63. The molecule has 6 heteroatoms. The third-order valence-corrected chi connectivity index (χ3v) is 5.26. The number of aryl methyl sites for hydroxylation is 3. The van der Waals surface area contributed by atoms with Gasteiger partial charge < -0.3 is 22.6 Å². The minimum Gasteiger partial charge on any atom is -1.00 e. The van der Waals surface area contributed by atoms with Crippen molar-refractivity contribution in [3.63, 3.8) is 0 Å². The van der Waals surface area contributed by atoms with Crippen LogP contribution in [0.1, 0.15) is 32.0 Å². The van der Waals surface area contributed by atoms with Gasteiger partial charge in [-0.25, -0.2) is 4.79 Å². The van der Waals surface area contributed by atoms with Crippen LogP contribution in [-0.2, 0) is 0 Å². The maximum absolute atomic E-state index is 13.2. The van der Waals surface area contributed by atoms with Gasteiger partial charge in [-0.1, -0.05) is 55.8 Å². The lowest BCUT2D eigenvalue weighted by Crippen LogP contribution is -3.00. The number of amides is 2. The topological polar surface area (TPSA) is 35.6 Å². The fraction of sp³-hybridized carbons (Fsp3) is 0.409. The van der Waals surface area contributed by atoms with Crippen molar-refractivity contribution in [1.82, 2.24) is 4.90 Å². The molecule has 1 N–H and O–H groups in total. The minimum atomic E-state index is -0.157. The molecule has 0 aromatic heterocycles. The van der Waals surface area contributed by atoms with Gasteiger partial charge in [0.2, 0.25) is 0 Å². The number of likely N-dealkylation sites (N-methyl/N-ethyl adjacent to an activating group) is 1. The lowest BCUT2D eigenvalue weighted by Gasteiger charge is -2.29. The van der Waals surface area contributed by atoms with Crippen molar-refractivity contribution < 1.29 is 18.6 Å². The number of hydrogen-bond acceptors (Lipinski definition) is 2. The molecule has 28 heavy (non-hydrogen) atoms.